The van der Waals surface area contributed by atoms with Crippen molar-refractivity contribution in [2.75, 3.05) is 26.2 Å². The largest absolute Gasteiger partial charge is 0.465 e. The molecule has 1 aromatic carbocycles. The van der Waals surface area contributed by atoms with Gasteiger partial charge in [0.25, 0.3) is 0 Å². The van der Waals surface area contributed by atoms with Crippen LogP contribution in [0, 0.1) is 5.82 Å². The Kier molecular flexibility index (Phi) is 6.72. The summed E-state index contributed by atoms with van der Waals surface area (Å²) in [7, 11) is 0. The topological polar surface area (TPSA) is 87.9 Å². The van der Waals surface area contributed by atoms with Crippen molar-refractivity contribution in [3.8, 4) is 0 Å². The first-order valence-corrected chi connectivity index (χ1v) is 10.9. The van der Waals surface area contributed by atoms with Gasteiger partial charge in [-0.1, -0.05) is 17.7 Å². The Hall–Kier alpha value is -2.86. The zero-order valence-corrected chi connectivity index (χ0v) is 18.6. The molecule has 0 bridgehead atoms. The van der Waals surface area contributed by atoms with Gasteiger partial charge in [-0.05, 0) is 18.6 Å². The molecule has 1 fully saturated rings. The van der Waals surface area contributed by atoms with Crippen molar-refractivity contribution in [2.24, 2.45) is 0 Å². The minimum atomic E-state index is -4.70. The van der Waals surface area contributed by atoms with Crippen molar-refractivity contribution in [3.05, 3.63) is 51.6 Å². The summed E-state index contributed by atoms with van der Waals surface area (Å²) >= 11 is 5.76. The molecule has 0 radical (unpaired) electrons. The van der Waals surface area contributed by atoms with E-state index < -0.39 is 29.9 Å². The number of rotatable bonds is 4. The van der Waals surface area contributed by atoms with Crippen LogP contribution < -0.4 is 0 Å². The summed E-state index contributed by atoms with van der Waals surface area (Å²) in [6.07, 6.45) is -6.62. The predicted octanol–water partition coefficient (Wildman–Crippen LogP) is 3.40. The van der Waals surface area contributed by atoms with Gasteiger partial charge in [-0.2, -0.15) is 18.3 Å². The molecule has 2 aliphatic rings. The molecule has 1 atom stereocenters. The standard InChI is InChI=1S/C21H21ClF4N4O4/c22-13-2-1-12(16(23)7-13)9-30-17-11-28(4-3-15(17)19(27-30)21(24,25)26)18(31)8-14-10-29(20(32)33)5-6-34-14/h1-2,7,14H,3-6,8-11H2,(H,32,33). The van der Waals surface area contributed by atoms with E-state index in [0.717, 1.165) is 15.6 Å². The number of halogens is 5. The molecule has 2 aromatic rings. The molecule has 3 heterocycles. The minimum absolute atomic E-state index is 0.0168. The Bertz CT molecular complexity index is 1110. The normalized spacial score (nSPS) is 18.7. The van der Waals surface area contributed by atoms with E-state index in [4.69, 9.17) is 21.4 Å². The molecule has 1 saturated heterocycles. The van der Waals surface area contributed by atoms with Gasteiger partial charge in [0, 0.05) is 29.2 Å². The van der Waals surface area contributed by atoms with Crippen LogP contribution >= 0.6 is 11.6 Å². The molecule has 0 saturated carbocycles. The molecule has 4 rings (SSSR count). The molecule has 13 heteroatoms. The summed E-state index contributed by atoms with van der Waals surface area (Å²) in [5, 5.41) is 13.0. The minimum Gasteiger partial charge on any atom is -0.465 e. The highest BCUT2D eigenvalue weighted by Crippen LogP contribution is 2.35. The highest BCUT2D eigenvalue weighted by atomic mass is 35.5. The number of nitrogens with zero attached hydrogens (tertiary/aromatic N) is 4. The molecule has 8 nitrogen and oxygen atoms in total. The van der Waals surface area contributed by atoms with E-state index in [1.165, 1.54) is 17.0 Å². The molecule has 0 spiro atoms. The lowest BCUT2D eigenvalue weighted by Crippen LogP contribution is -2.47. The number of aromatic nitrogens is 2. The summed E-state index contributed by atoms with van der Waals surface area (Å²) in [4.78, 5) is 26.6. The zero-order chi connectivity index (χ0) is 24.6. The van der Waals surface area contributed by atoms with Crippen molar-refractivity contribution in [1.82, 2.24) is 19.6 Å². The van der Waals surface area contributed by atoms with Crippen molar-refractivity contribution < 1.29 is 37.0 Å². The lowest BCUT2D eigenvalue weighted by molar-refractivity contribution is -0.142. The second-order valence-corrected chi connectivity index (χ2v) is 8.59. The smallest absolute Gasteiger partial charge is 0.435 e. The molecule has 1 unspecified atom stereocenters. The maximum Gasteiger partial charge on any atom is 0.435 e. The second kappa shape index (κ2) is 9.41. The third-order valence-electron chi connectivity index (χ3n) is 5.91. The highest BCUT2D eigenvalue weighted by molar-refractivity contribution is 6.30. The van der Waals surface area contributed by atoms with Crippen LogP contribution in [-0.4, -0.2) is 69.0 Å². The molecule has 2 amide bonds. The average molecular weight is 505 g/mol. The van der Waals surface area contributed by atoms with Gasteiger partial charge >= 0.3 is 12.3 Å². The molecule has 2 aliphatic heterocycles. The number of amides is 2. The Balaban J connectivity index is 1.55. The van der Waals surface area contributed by atoms with Crippen molar-refractivity contribution in [1.29, 1.82) is 0 Å². The van der Waals surface area contributed by atoms with Crippen LogP contribution in [0.5, 0.6) is 0 Å². The Morgan fingerprint density at radius 1 is 1.24 bits per heavy atom. The van der Waals surface area contributed by atoms with Gasteiger partial charge in [-0.3, -0.25) is 9.48 Å². The number of morpholine rings is 1. The SMILES string of the molecule is O=C(O)N1CCOC(CC(=O)N2CCc3c(C(F)(F)F)nn(Cc4ccc(Cl)cc4F)c3C2)C1. The molecule has 1 aromatic heterocycles. The monoisotopic (exact) mass is 504 g/mol. The van der Waals surface area contributed by atoms with Gasteiger partial charge in [0.15, 0.2) is 5.69 Å². The molecule has 34 heavy (non-hydrogen) atoms. The summed E-state index contributed by atoms with van der Waals surface area (Å²) < 4.78 is 61.7. The van der Waals surface area contributed by atoms with Gasteiger partial charge in [0.1, 0.15) is 5.82 Å². The van der Waals surface area contributed by atoms with Crippen LogP contribution in [0.1, 0.15) is 28.9 Å². The van der Waals surface area contributed by atoms with Gasteiger partial charge in [0.05, 0.1) is 44.5 Å². The summed E-state index contributed by atoms with van der Waals surface area (Å²) in [5.74, 6) is -1.05. The van der Waals surface area contributed by atoms with Crippen LogP contribution in [0.15, 0.2) is 18.2 Å². The summed E-state index contributed by atoms with van der Waals surface area (Å²) in [6, 6.07) is 3.87. The number of carbonyl (C=O) groups excluding carboxylic acids is 1. The summed E-state index contributed by atoms with van der Waals surface area (Å²) in [6.45, 7) is 0.0402. The van der Waals surface area contributed by atoms with E-state index in [-0.39, 0.29) is 79.9 Å². The highest BCUT2D eigenvalue weighted by Gasteiger charge is 2.41. The number of carboxylic acid groups (broad SMARTS) is 1. The number of hydrogen-bond donors (Lipinski definition) is 1. The maximum atomic E-state index is 14.3. The number of fused-ring (bicyclic) bond motifs is 1. The van der Waals surface area contributed by atoms with E-state index in [0.29, 0.717) is 0 Å². The molecular weight excluding hydrogens is 484 g/mol. The number of benzene rings is 1. The van der Waals surface area contributed by atoms with Crippen molar-refractivity contribution in [3.63, 3.8) is 0 Å². The van der Waals surface area contributed by atoms with Crippen LogP contribution in [0.25, 0.3) is 0 Å². The first-order chi connectivity index (χ1) is 16.0. The molecule has 0 aliphatic carbocycles. The lowest BCUT2D eigenvalue weighted by Gasteiger charge is -2.33. The predicted molar refractivity (Wildman–Crippen MR) is 111 cm³/mol. The van der Waals surface area contributed by atoms with Gasteiger partial charge in [-0.15, -0.1) is 0 Å². The fourth-order valence-electron chi connectivity index (χ4n) is 4.20. The van der Waals surface area contributed by atoms with Gasteiger partial charge < -0.3 is 19.6 Å². The van der Waals surface area contributed by atoms with Crippen molar-refractivity contribution in [2.45, 2.75) is 38.2 Å². The van der Waals surface area contributed by atoms with Crippen LogP contribution in [0.2, 0.25) is 5.02 Å². The molecular formula is C21H21ClF4N4O4. The fraction of sp³-hybridized carbons (Fsp3) is 0.476. The van der Waals surface area contributed by atoms with Gasteiger partial charge in [-0.25, -0.2) is 9.18 Å². The van der Waals surface area contributed by atoms with E-state index in [1.54, 1.807) is 0 Å². The van der Waals surface area contributed by atoms with Crippen molar-refractivity contribution >= 4 is 23.6 Å². The Labute approximate surface area is 196 Å². The average Bonchev–Trinajstić information content (AvgIpc) is 3.14. The molecule has 184 valence electrons. The fourth-order valence-corrected chi connectivity index (χ4v) is 4.36. The van der Waals surface area contributed by atoms with E-state index >= 15 is 0 Å². The Morgan fingerprint density at radius 2 is 2.00 bits per heavy atom. The number of carbonyl (C=O) groups is 2. The molecule has 1 N–H and O–H groups in total. The van der Waals surface area contributed by atoms with E-state index in [1.807, 2.05) is 0 Å². The van der Waals surface area contributed by atoms with E-state index in [9.17, 15) is 27.2 Å². The van der Waals surface area contributed by atoms with Crippen LogP contribution in [0.4, 0.5) is 22.4 Å². The first-order valence-electron chi connectivity index (χ1n) is 10.5. The first kappa shape index (κ1) is 24.3. The third-order valence-corrected chi connectivity index (χ3v) is 6.14. The number of alkyl halides is 3. The number of hydrogen-bond acceptors (Lipinski definition) is 4. The van der Waals surface area contributed by atoms with Gasteiger partial charge in [0.2, 0.25) is 5.91 Å². The van der Waals surface area contributed by atoms with Crippen LogP contribution in [-0.2, 0) is 35.2 Å². The summed E-state index contributed by atoms with van der Waals surface area (Å²) in [5.41, 5.74) is -0.775. The zero-order valence-electron chi connectivity index (χ0n) is 17.8. The number of ether oxygens (including phenoxy) is 1. The van der Waals surface area contributed by atoms with E-state index in [2.05, 4.69) is 5.10 Å². The Morgan fingerprint density at radius 3 is 2.68 bits per heavy atom. The van der Waals surface area contributed by atoms with Crippen LogP contribution in [0.3, 0.4) is 0 Å². The maximum absolute atomic E-state index is 14.3. The quantitative estimate of drug-likeness (QED) is 0.645. The third kappa shape index (κ3) is 5.12. The lowest BCUT2D eigenvalue weighted by atomic mass is 10.0. The second-order valence-electron chi connectivity index (χ2n) is 8.16.